The summed E-state index contributed by atoms with van der Waals surface area (Å²) in [6.45, 7) is 4.01. The van der Waals surface area contributed by atoms with Crippen molar-refractivity contribution in [3.05, 3.63) is 29.8 Å². The molecule has 1 amide bonds. The molecule has 15 heavy (non-hydrogen) atoms. The molecule has 3 N–H and O–H groups in total. The number of phenols is 1. The standard InChI is InChI=1S/C12H17NO2/c1-12(2,8-11(13)15)7-9-3-5-10(14)6-4-9/h3-6,14H,7-8H2,1-2H3,(H2,13,15). The Hall–Kier alpha value is -1.51. The maximum atomic E-state index is 10.8. The minimum Gasteiger partial charge on any atom is -0.508 e. The predicted molar refractivity (Wildman–Crippen MR) is 59.4 cm³/mol. The number of hydrogen-bond donors (Lipinski definition) is 2. The fourth-order valence-electron chi connectivity index (χ4n) is 1.70. The van der Waals surface area contributed by atoms with E-state index in [1.54, 1.807) is 12.1 Å². The number of hydrogen-bond acceptors (Lipinski definition) is 2. The molecule has 0 aromatic heterocycles. The summed E-state index contributed by atoms with van der Waals surface area (Å²) in [7, 11) is 0. The molecular formula is C12H17NO2. The number of benzene rings is 1. The van der Waals surface area contributed by atoms with Crippen LogP contribution in [0.2, 0.25) is 0 Å². The highest BCUT2D eigenvalue weighted by atomic mass is 16.3. The lowest BCUT2D eigenvalue weighted by Crippen LogP contribution is -2.24. The molecule has 1 rings (SSSR count). The molecule has 0 fully saturated rings. The van der Waals surface area contributed by atoms with E-state index in [4.69, 9.17) is 10.8 Å². The van der Waals surface area contributed by atoms with Crippen LogP contribution < -0.4 is 5.73 Å². The largest absolute Gasteiger partial charge is 0.508 e. The first kappa shape index (κ1) is 11.6. The van der Waals surface area contributed by atoms with Crippen LogP contribution in [0.5, 0.6) is 5.75 Å². The van der Waals surface area contributed by atoms with E-state index in [0.717, 1.165) is 12.0 Å². The van der Waals surface area contributed by atoms with Gasteiger partial charge in [-0.1, -0.05) is 26.0 Å². The van der Waals surface area contributed by atoms with E-state index in [0.29, 0.717) is 6.42 Å². The van der Waals surface area contributed by atoms with Crippen molar-refractivity contribution in [2.45, 2.75) is 26.7 Å². The van der Waals surface area contributed by atoms with Gasteiger partial charge in [0.2, 0.25) is 5.91 Å². The van der Waals surface area contributed by atoms with Gasteiger partial charge in [-0.15, -0.1) is 0 Å². The Morgan fingerprint density at radius 2 is 1.87 bits per heavy atom. The topological polar surface area (TPSA) is 63.3 Å². The SMILES string of the molecule is CC(C)(CC(N)=O)Cc1ccc(O)cc1. The van der Waals surface area contributed by atoms with Crippen LogP contribution in [0.1, 0.15) is 25.8 Å². The zero-order valence-corrected chi connectivity index (χ0v) is 9.16. The average Bonchev–Trinajstić information content (AvgIpc) is 2.06. The molecule has 1 aromatic carbocycles. The summed E-state index contributed by atoms with van der Waals surface area (Å²) in [5.74, 6) is -0.0229. The molecule has 3 heteroatoms. The van der Waals surface area contributed by atoms with Crippen LogP contribution in [0.15, 0.2) is 24.3 Å². The minimum absolute atomic E-state index is 0.136. The second-order valence-corrected chi connectivity index (χ2v) is 4.65. The highest BCUT2D eigenvalue weighted by molar-refractivity contribution is 5.74. The number of nitrogens with two attached hydrogens (primary N) is 1. The summed E-state index contributed by atoms with van der Waals surface area (Å²) in [6, 6.07) is 7.02. The molecule has 0 bridgehead atoms. The fourth-order valence-corrected chi connectivity index (χ4v) is 1.70. The second kappa shape index (κ2) is 4.34. The van der Waals surface area contributed by atoms with Crippen LogP contribution in [0.4, 0.5) is 0 Å². The summed E-state index contributed by atoms with van der Waals surface area (Å²) >= 11 is 0. The van der Waals surface area contributed by atoms with Crippen molar-refractivity contribution in [2.24, 2.45) is 11.1 Å². The molecular weight excluding hydrogens is 190 g/mol. The molecule has 0 saturated carbocycles. The highest BCUT2D eigenvalue weighted by Gasteiger charge is 2.20. The maximum absolute atomic E-state index is 10.8. The van der Waals surface area contributed by atoms with Crippen LogP contribution in [0.25, 0.3) is 0 Å². The van der Waals surface area contributed by atoms with Crippen molar-refractivity contribution in [1.82, 2.24) is 0 Å². The quantitative estimate of drug-likeness (QED) is 0.791. The molecule has 82 valence electrons. The predicted octanol–water partition coefficient (Wildman–Crippen LogP) is 1.84. The number of primary amides is 1. The molecule has 0 saturated heterocycles. The number of aromatic hydroxyl groups is 1. The van der Waals surface area contributed by atoms with Crippen molar-refractivity contribution in [3.63, 3.8) is 0 Å². The molecule has 0 aliphatic carbocycles. The van der Waals surface area contributed by atoms with Gasteiger partial charge in [0.05, 0.1) is 0 Å². The summed E-state index contributed by atoms with van der Waals surface area (Å²) in [6.07, 6.45) is 1.14. The number of phenolic OH excluding ortho intramolecular Hbond substituents is 1. The Kier molecular flexibility index (Phi) is 3.35. The van der Waals surface area contributed by atoms with Crippen LogP contribution in [0, 0.1) is 5.41 Å². The third-order valence-corrected chi connectivity index (χ3v) is 2.27. The number of carbonyl (C=O) groups is 1. The molecule has 0 heterocycles. The van der Waals surface area contributed by atoms with Crippen molar-refractivity contribution in [1.29, 1.82) is 0 Å². The molecule has 0 aliphatic heterocycles. The highest BCUT2D eigenvalue weighted by Crippen LogP contribution is 2.26. The molecule has 0 radical (unpaired) electrons. The normalized spacial score (nSPS) is 11.3. The lowest BCUT2D eigenvalue weighted by atomic mass is 9.82. The number of amides is 1. The van der Waals surface area contributed by atoms with E-state index in [2.05, 4.69) is 0 Å². The zero-order chi connectivity index (χ0) is 11.5. The van der Waals surface area contributed by atoms with Gasteiger partial charge in [-0.3, -0.25) is 4.79 Å². The summed E-state index contributed by atoms with van der Waals surface area (Å²) < 4.78 is 0. The third-order valence-electron chi connectivity index (χ3n) is 2.27. The summed E-state index contributed by atoms with van der Waals surface area (Å²) in [4.78, 5) is 10.8. The van der Waals surface area contributed by atoms with Gasteiger partial charge < -0.3 is 10.8 Å². The van der Waals surface area contributed by atoms with E-state index in [1.807, 2.05) is 26.0 Å². The average molecular weight is 207 g/mol. The fraction of sp³-hybridized carbons (Fsp3) is 0.417. The van der Waals surface area contributed by atoms with Crippen LogP contribution >= 0.6 is 0 Å². The Morgan fingerprint density at radius 3 is 2.33 bits per heavy atom. The first-order valence-electron chi connectivity index (χ1n) is 4.95. The first-order chi connectivity index (χ1) is 6.89. The molecule has 0 unspecified atom stereocenters. The van der Waals surface area contributed by atoms with Crippen molar-refractivity contribution >= 4 is 5.91 Å². The summed E-state index contributed by atoms with van der Waals surface area (Å²) in [5.41, 5.74) is 6.14. The third kappa shape index (κ3) is 4.02. The van der Waals surface area contributed by atoms with E-state index in [1.165, 1.54) is 0 Å². The van der Waals surface area contributed by atoms with Gasteiger partial charge in [-0.25, -0.2) is 0 Å². The van der Waals surface area contributed by atoms with E-state index >= 15 is 0 Å². The van der Waals surface area contributed by atoms with Gasteiger partial charge in [-0.2, -0.15) is 0 Å². The number of rotatable bonds is 4. The van der Waals surface area contributed by atoms with Crippen LogP contribution in [0.3, 0.4) is 0 Å². The number of carbonyl (C=O) groups excluding carboxylic acids is 1. The van der Waals surface area contributed by atoms with E-state index < -0.39 is 0 Å². The smallest absolute Gasteiger partial charge is 0.217 e. The molecule has 0 aliphatic rings. The van der Waals surface area contributed by atoms with Gasteiger partial charge in [0.1, 0.15) is 5.75 Å². The van der Waals surface area contributed by atoms with E-state index in [9.17, 15) is 4.79 Å². The Bertz CT molecular complexity index is 341. The van der Waals surface area contributed by atoms with Crippen molar-refractivity contribution in [2.75, 3.05) is 0 Å². The molecule has 3 nitrogen and oxygen atoms in total. The first-order valence-corrected chi connectivity index (χ1v) is 4.95. The lowest BCUT2D eigenvalue weighted by Gasteiger charge is -2.22. The molecule has 1 aromatic rings. The Labute approximate surface area is 89.9 Å². The second-order valence-electron chi connectivity index (χ2n) is 4.65. The Balaban J connectivity index is 2.68. The van der Waals surface area contributed by atoms with Crippen LogP contribution in [-0.4, -0.2) is 11.0 Å². The van der Waals surface area contributed by atoms with Crippen LogP contribution in [-0.2, 0) is 11.2 Å². The van der Waals surface area contributed by atoms with Gasteiger partial charge in [-0.05, 0) is 29.5 Å². The van der Waals surface area contributed by atoms with Crippen molar-refractivity contribution < 1.29 is 9.90 Å². The van der Waals surface area contributed by atoms with Crippen molar-refractivity contribution in [3.8, 4) is 5.75 Å². The van der Waals surface area contributed by atoms with Gasteiger partial charge in [0.25, 0.3) is 0 Å². The maximum Gasteiger partial charge on any atom is 0.217 e. The molecule has 0 atom stereocenters. The minimum atomic E-state index is -0.279. The van der Waals surface area contributed by atoms with Gasteiger partial charge >= 0.3 is 0 Å². The van der Waals surface area contributed by atoms with Gasteiger partial charge in [0, 0.05) is 6.42 Å². The monoisotopic (exact) mass is 207 g/mol. The molecule has 0 spiro atoms. The van der Waals surface area contributed by atoms with Gasteiger partial charge in [0.15, 0.2) is 0 Å². The summed E-state index contributed by atoms with van der Waals surface area (Å²) in [5, 5.41) is 9.13. The van der Waals surface area contributed by atoms with E-state index in [-0.39, 0.29) is 17.1 Å². The zero-order valence-electron chi connectivity index (χ0n) is 9.16. The lowest BCUT2D eigenvalue weighted by molar-refractivity contribution is -0.119. The Morgan fingerprint density at radius 1 is 1.33 bits per heavy atom.